The van der Waals surface area contributed by atoms with E-state index in [0.717, 1.165) is 5.56 Å². The molecule has 0 radical (unpaired) electrons. The molecule has 2 rings (SSSR count). The normalized spacial score (nSPS) is 14.2. The second-order valence-electron chi connectivity index (χ2n) is 3.69. The molecule has 1 aromatic rings. The number of fused-ring (bicyclic) bond motifs is 1. The van der Waals surface area contributed by atoms with E-state index in [1.54, 1.807) is 6.07 Å². The molecular weight excluding hydrogens is 240 g/mol. The van der Waals surface area contributed by atoms with Gasteiger partial charge in [-0.25, -0.2) is 13.6 Å². The van der Waals surface area contributed by atoms with E-state index in [-0.39, 0.29) is 4.90 Å². The molecule has 1 aliphatic heterocycles. The Morgan fingerprint density at radius 3 is 2.76 bits per heavy atom. The van der Waals surface area contributed by atoms with Gasteiger partial charge in [0, 0.05) is 12.2 Å². The summed E-state index contributed by atoms with van der Waals surface area (Å²) in [5.41, 5.74) is 1.42. The summed E-state index contributed by atoms with van der Waals surface area (Å²) < 4.78 is 22.3. The highest BCUT2D eigenvalue weighted by atomic mass is 32.2. The predicted molar refractivity (Wildman–Crippen MR) is 62.7 cm³/mol. The molecule has 2 N–H and O–H groups in total. The number of terminal acetylenes is 1. The highest BCUT2D eigenvalue weighted by molar-refractivity contribution is 7.89. The monoisotopic (exact) mass is 250 g/mol. The van der Waals surface area contributed by atoms with Gasteiger partial charge in [0.05, 0.1) is 4.90 Å². The number of benzene rings is 1. The lowest BCUT2D eigenvalue weighted by Crippen LogP contribution is -2.27. The van der Waals surface area contributed by atoms with Crippen LogP contribution < -0.4 is 10.0 Å². The van der Waals surface area contributed by atoms with Crippen LogP contribution in [0.2, 0.25) is 0 Å². The number of hydrogen-bond donors (Lipinski definition) is 1. The molecule has 0 unspecified atom stereocenters. The van der Waals surface area contributed by atoms with Crippen molar-refractivity contribution in [3.8, 4) is 12.3 Å². The largest absolute Gasteiger partial charge is 0.302 e. The van der Waals surface area contributed by atoms with Crippen molar-refractivity contribution in [2.75, 3.05) is 11.4 Å². The average Bonchev–Trinajstić information content (AvgIpc) is 2.69. The molecule has 0 atom stereocenters. The molecule has 1 amide bonds. The highest BCUT2D eigenvalue weighted by Crippen LogP contribution is 2.29. The number of rotatable bonds is 1. The molecule has 5 nitrogen and oxygen atoms in total. The fourth-order valence-electron chi connectivity index (χ4n) is 1.84. The molecule has 0 saturated carbocycles. The van der Waals surface area contributed by atoms with E-state index in [1.165, 1.54) is 17.0 Å². The van der Waals surface area contributed by atoms with Gasteiger partial charge < -0.3 is 4.90 Å². The molecule has 1 aromatic carbocycles. The van der Waals surface area contributed by atoms with Gasteiger partial charge in [0.1, 0.15) is 0 Å². The van der Waals surface area contributed by atoms with Crippen molar-refractivity contribution in [3.63, 3.8) is 0 Å². The summed E-state index contributed by atoms with van der Waals surface area (Å²) in [4.78, 5) is 12.9. The second kappa shape index (κ2) is 3.87. The summed E-state index contributed by atoms with van der Waals surface area (Å²) in [5, 5.41) is 5.03. The Morgan fingerprint density at radius 1 is 1.47 bits per heavy atom. The van der Waals surface area contributed by atoms with Crippen LogP contribution >= 0.6 is 0 Å². The Bertz CT molecular complexity index is 629. The molecule has 0 fully saturated rings. The standard InChI is InChI=1S/C11H10N2O3S/c1-2-11(14)13-6-5-8-7-9(17(12,15)16)3-4-10(8)13/h1,3-4,7H,5-6H2,(H2,12,15,16). The van der Waals surface area contributed by atoms with Gasteiger partial charge in [-0.3, -0.25) is 4.79 Å². The Morgan fingerprint density at radius 2 is 2.18 bits per heavy atom. The second-order valence-corrected chi connectivity index (χ2v) is 5.25. The number of nitrogens with two attached hydrogens (primary N) is 1. The summed E-state index contributed by atoms with van der Waals surface area (Å²) in [6.07, 6.45) is 5.63. The number of amides is 1. The number of carbonyl (C=O) groups excluding carboxylic acids is 1. The minimum atomic E-state index is -3.71. The van der Waals surface area contributed by atoms with Gasteiger partial charge in [0.2, 0.25) is 10.0 Å². The van der Waals surface area contributed by atoms with Crippen LogP contribution in [0.3, 0.4) is 0 Å². The third-order valence-electron chi connectivity index (χ3n) is 2.64. The maximum Gasteiger partial charge on any atom is 0.302 e. The molecule has 0 bridgehead atoms. The molecule has 0 saturated heterocycles. The fraction of sp³-hybridized carbons (Fsp3) is 0.182. The van der Waals surface area contributed by atoms with Gasteiger partial charge in [-0.2, -0.15) is 0 Å². The molecular formula is C11H10N2O3S. The van der Waals surface area contributed by atoms with E-state index in [9.17, 15) is 13.2 Å². The molecule has 1 aliphatic rings. The van der Waals surface area contributed by atoms with E-state index in [2.05, 4.69) is 0 Å². The molecule has 0 spiro atoms. The maximum atomic E-state index is 11.4. The van der Waals surface area contributed by atoms with Gasteiger partial charge in [-0.1, -0.05) is 0 Å². The summed E-state index contributed by atoms with van der Waals surface area (Å²) >= 11 is 0. The Kier molecular flexibility index (Phi) is 2.65. The van der Waals surface area contributed by atoms with Crippen LogP contribution in [0.15, 0.2) is 23.1 Å². The smallest absolute Gasteiger partial charge is 0.301 e. The van der Waals surface area contributed by atoms with Crippen LogP contribution in [0.25, 0.3) is 0 Å². The highest BCUT2D eigenvalue weighted by Gasteiger charge is 2.24. The first kappa shape index (κ1) is 11.6. The van der Waals surface area contributed by atoms with Crippen molar-refractivity contribution in [1.29, 1.82) is 0 Å². The van der Waals surface area contributed by atoms with Crippen LogP contribution in [-0.2, 0) is 21.2 Å². The molecule has 0 aliphatic carbocycles. The SMILES string of the molecule is C#CC(=O)N1CCc2cc(S(N)(=O)=O)ccc21. The maximum absolute atomic E-state index is 11.4. The van der Waals surface area contributed by atoms with Gasteiger partial charge in [0.15, 0.2) is 0 Å². The molecule has 6 heteroatoms. The van der Waals surface area contributed by atoms with Gasteiger partial charge in [0.25, 0.3) is 0 Å². The predicted octanol–water partition coefficient (Wildman–Crippen LogP) is -0.144. The fourth-order valence-corrected chi connectivity index (χ4v) is 2.41. The van der Waals surface area contributed by atoms with Gasteiger partial charge in [-0.05, 0) is 36.1 Å². The first-order valence-corrected chi connectivity index (χ1v) is 6.42. The molecule has 88 valence electrons. The van der Waals surface area contributed by atoms with Gasteiger partial charge in [-0.15, -0.1) is 6.42 Å². The minimum absolute atomic E-state index is 0.0475. The summed E-state index contributed by atoms with van der Waals surface area (Å²) in [7, 11) is -3.71. The average molecular weight is 250 g/mol. The first-order valence-electron chi connectivity index (χ1n) is 4.87. The minimum Gasteiger partial charge on any atom is -0.301 e. The van der Waals surface area contributed by atoms with Crippen LogP contribution in [0.4, 0.5) is 5.69 Å². The summed E-state index contributed by atoms with van der Waals surface area (Å²) in [5.74, 6) is 1.61. The number of hydrogen-bond acceptors (Lipinski definition) is 3. The zero-order valence-electron chi connectivity index (χ0n) is 8.88. The molecule has 1 heterocycles. The number of primary sulfonamides is 1. The number of sulfonamides is 1. The van der Waals surface area contributed by atoms with Crippen LogP contribution in [0, 0.1) is 12.3 Å². The third kappa shape index (κ3) is 2.02. The summed E-state index contributed by atoms with van der Waals surface area (Å²) in [6, 6.07) is 4.40. The zero-order valence-corrected chi connectivity index (χ0v) is 9.70. The summed E-state index contributed by atoms with van der Waals surface area (Å²) in [6.45, 7) is 0.465. The molecule has 0 aromatic heterocycles. The Labute approximate surface area is 99.3 Å². The van der Waals surface area contributed by atoms with Crippen LogP contribution in [0.1, 0.15) is 5.56 Å². The lowest BCUT2D eigenvalue weighted by molar-refractivity contribution is -0.113. The van der Waals surface area contributed by atoms with Crippen molar-refractivity contribution < 1.29 is 13.2 Å². The topological polar surface area (TPSA) is 80.5 Å². The lowest BCUT2D eigenvalue weighted by atomic mass is 10.2. The first-order chi connectivity index (χ1) is 7.93. The number of nitrogens with zero attached hydrogens (tertiary/aromatic N) is 1. The van der Waals surface area contributed by atoms with E-state index in [4.69, 9.17) is 11.6 Å². The van der Waals surface area contributed by atoms with Crippen molar-refractivity contribution in [2.24, 2.45) is 5.14 Å². The third-order valence-corrected chi connectivity index (χ3v) is 3.55. The van der Waals surface area contributed by atoms with Crippen LogP contribution in [0.5, 0.6) is 0 Å². The quantitative estimate of drug-likeness (QED) is 0.704. The van der Waals surface area contributed by atoms with Crippen LogP contribution in [-0.4, -0.2) is 20.9 Å². The van der Waals surface area contributed by atoms with E-state index < -0.39 is 15.9 Å². The van der Waals surface area contributed by atoms with E-state index >= 15 is 0 Å². The van der Waals surface area contributed by atoms with Crippen molar-refractivity contribution >= 4 is 21.6 Å². The Hall–Kier alpha value is -1.84. The number of anilines is 1. The lowest BCUT2D eigenvalue weighted by Gasteiger charge is -2.13. The number of carbonyl (C=O) groups is 1. The van der Waals surface area contributed by atoms with Crippen molar-refractivity contribution in [1.82, 2.24) is 0 Å². The van der Waals surface area contributed by atoms with Crippen molar-refractivity contribution in [2.45, 2.75) is 11.3 Å². The molecule has 17 heavy (non-hydrogen) atoms. The Balaban J connectivity index is 2.47. The van der Waals surface area contributed by atoms with E-state index in [1.807, 2.05) is 5.92 Å². The van der Waals surface area contributed by atoms with Gasteiger partial charge >= 0.3 is 5.91 Å². The van der Waals surface area contributed by atoms with E-state index in [0.29, 0.717) is 18.7 Å². The van der Waals surface area contributed by atoms with Crippen molar-refractivity contribution in [3.05, 3.63) is 23.8 Å². The zero-order chi connectivity index (χ0) is 12.6.